The Morgan fingerprint density at radius 3 is 2.47 bits per heavy atom. The minimum absolute atomic E-state index is 0.174. The third-order valence-electron chi connectivity index (χ3n) is 6.64. The van der Waals surface area contributed by atoms with Gasteiger partial charge in [-0.15, -0.1) is 0 Å². The lowest BCUT2D eigenvalue weighted by Crippen LogP contribution is -2.35. The van der Waals surface area contributed by atoms with E-state index in [1.54, 1.807) is 12.1 Å². The average Bonchev–Trinajstić information content (AvgIpc) is 3.35. The number of carbonyl (C=O) groups excluding carboxylic acids is 2. The van der Waals surface area contributed by atoms with Gasteiger partial charge in [0.05, 0.1) is 11.6 Å². The molecule has 0 atom stereocenters. The topological polar surface area (TPSA) is 108 Å². The Bertz CT molecular complexity index is 1320. The summed E-state index contributed by atoms with van der Waals surface area (Å²) in [5.41, 5.74) is 4.38. The van der Waals surface area contributed by atoms with Crippen molar-refractivity contribution in [3.05, 3.63) is 70.5 Å². The van der Waals surface area contributed by atoms with Gasteiger partial charge in [-0.1, -0.05) is 51.3 Å². The van der Waals surface area contributed by atoms with Crippen LogP contribution in [0.3, 0.4) is 0 Å². The van der Waals surface area contributed by atoms with E-state index >= 15 is 0 Å². The molecule has 7 nitrogen and oxygen atoms in total. The monoisotopic (exact) mass is 484 g/mol. The summed E-state index contributed by atoms with van der Waals surface area (Å²) >= 11 is 0. The molecule has 4 rings (SSSR count). The first-order chi connectivity index (χ1) is 17.1. The molecular weight excluding hydrogens is 452 g/mol. The first-order valence-electron chi connectivity index (χ1n) is 12.4. The number of nitrogens with zero attached hydrogens (tertiary/aromatic N) is 2. The molecule has 1 aromatic heterocycles. The Balaban J connectivity index is 1.53. The van der Waals surface area contributed by atoms with Crippen molar-refractivity contribution in [1.29, 1.82) is 5.26 Å². The van der Waals surface area contributed by atoms with Crippen molar-refractivity contribution in [2.45, 2.75) is 71.3 Å². The molecule has 2 N–H and O–H groups in total. The third kappa shape index (κ3) is 5.83. The lowest BCUT2D eigenvalue weighted by molar-refractivity contribution is 0.0890. The quantitative estimate of drug-likeness (QED) is 0.453. The van der Waals surface area contributed by atoms with Crippen molar-refractivity contribution >= 4 is 17.5 Å². The van der Waals surface area contributed by atoms with Crippen molar-refractivity contribution in [1.82, 2.24) is 10.5 Å². The molecular formula is C29H32N4O3. The number of hydrogen-bond acceptors (Lipinski definition) is 5. The number of anilines is 1. The number of hydrogen-bond donors (Lipinski definition) is 2. The first-order valence-corrected chi connectivity index (χ1v) is 12.4. The van der Waals surface area contributed by atoms with Gasteiger partial charge >= 0.3 is 0 Å². The number of rotatable bonds is 5. The van der Waals surface area contributed by atoms with E-state index in [2.05, 4.69) is 21.9 Å². The number of nitrogens with one attached hydrogen (secondary N) is 2. The number of carbonyl (C=O) groups is 2. The van der Waals surface area contributed by atoms with E-state index in [0.717, 1.165) is 42.4 Å². The van der Waals surface area contributed by atoms with Gasteiger partial charge in [0.15, 0.2) is 0 Å². The van der Waals surface area contributed by atoms with E-state index in [9.17, 15) is 14.9 Å². The van der Waals surface area contributed by atoms with Gasteiger partial charge in [-0.3, -0.25) is 9.59 Å². The normalized spacial score (nSPS) is 14.2. The van der Waals surface area contributed by atoms with Crippen molar-refractivity contribution in [3.8, 4) is 17.3 Å². The largest absolute Gasteiger partial charge is 0.350 e. The molecule has 7 heteroatoms. The summed E-state index contributed by atoms with van der Waals surface area (Å²) in [5, 5.41) is 19.5. The third-order valence-corrected chi connectivity index (χ3v) is 6.64. The maximum atomic E-state index is 13.1. The highest BCUT2D eigenvalue weighted by atomic mass is 16.5. The molecule has 0 saturated heterocycles. The van der Waals surface area contributed by atoms with E-state index < -0.39 is 0 Å². The molecule has 186 valence electrons. The van der Waals surface area contributed by atoms with Crippen LogP contribution in [0.5, 0.6) is 0 Å². The minimum Gasteiger partial charge on any atom is -0.350 e. The molecule has 36 heavy (non-hydrogen) atoms. The molecule has 1 heterocycles. The molecule has 3 aromatic rings. The van der Waals surface area contributed by atoms with Crippen LogP contribution in [0.1, 0.15) is 90.5 Å². The highest BCUT2D eigenvalue weighted by Gasteiger charge is 2.21. The maximum absolute atomic E-state index is 13.1. The average molecular weight is 485 g/mol. The van der Waals surface area contributed by atoms with Crippen LogP contribution in [0.4, 0.5) is 5.69 Å². The van der Waals surface area contributed by atoms with E-state index in [1.807, 2.05) is 58.0 Å². The highest BCUT2D eigenvalue weighted by molar-refractivity contribution is 6.05. The Morgan fingerprint density at radius 2 is 1.78 bits per heavy atom. The van der Waals surface area contributed by atoms with Gasteiger partial charge in [-0.05, 0) is 66.6 Å². The fourth-order valence-electron chi connectivity index (χ4n) is 4.45. The zero-order valence-electron chi connectivity index (χ0n) is 21.3. The van der Waals surface area contributed by atoms with Crippen LogP contribution in [-0.4, -0.2) is 23.0 Å². The molecule has 0 unspecified atom stereocenters. The summed E-state index contributed by atoms with van der Waals surface area (Å²) in [6.07, 6.45) is 5.45. The van der Waals surface area contributed by atoms with E-state index in [0.29, 0.717) is 22.5 Å². The van der Waals surface area contributed by atoms with Crippen LogP contribution in [0.2, 0.25) is 0 Å². The van der Waals surface area contributed by atoms with Crippen LogP contribution in [0.25, 0.3) is 11.3 Å². The van der Waals surface area contributed by atoms with Gasteiger partial charge in [0.1, 0.15) is 5.69 Å². The van der Waals surface area contributed by atoms with Crippen LogP contribution in [-0.2, 0) is 5.41 Å². The van der Waals surface area contributed by atoms with E-state index in [1.165, 1.54) is 6.42 Å². The van der Waals surface area contributed by atoms with Gasteiger partial charge in [0.2, 0.25) is 5.76 Å². The summed E-state index contributed by atoms with van der Waals surface area (Å²) in [7, 11) is 0. The number of aromatic nitrogens is 1. The first kappa shape index (κ1) is 25.2. The predicted molar refractivity (Wildman–Crippen MR) is 139 cm³/mol. The van der Waals surface area contributed by atoms with Crippen molar-refractivity contribution in [2.24, 2.45) is 0 Å². The molecule has 2 amide bonds. The zero-order chi connectivity index (χ0) is 25.9. The van der Waals surface area contributed by atoms with Crippen LogP contribution in [0.15, 0.2) is 47.0 Å². The molecule has 2 aromatic carbocycles. The number of aryl methyl sites for hydroxylation is 1. The molecule has 1 fully saturated rings. The predicted octanol–water partition coefficient (Wildman–Crippen LogP) is 6.13. The molecule has 1 aliphatic rings. The molecule has 0 radical (unpaired) electrons. The van der Waals surface area contributed by atoms with Crippen LogP contribution < -0.4 is 10.6 Å². The molecule has 1 saturated carbocycles. The zero-order valence-corrected chi connectivity index (χ0v) is 21.3. The summed E-state index contributed by atoms with van der Waals surface area (Å²) < 4.78 is 5.36. The molecule has 0 aliphatic heterocycles. The lowest BCUT2D eigenvalue weighted by atomic mass is 9.85. The van der Waals surface area contributed by atoms with Gasteiger partial charge in [0, 0.05) is 28.9 Å². The lowest BCUT2D eigenvalue weighted by Gasteiger charge is -2.21. The molecule has 0 bridgehead atoms. The Hall–Kier alpha value is -3.92. The Labute approximate surface area is 211 Å². The van der Waals surface area contributed by atoms with Crippen LogP contribution in [0, 0.1) is 18.3 Å². The highest BCUT2D eigenvalue weighted by Crippen LogP contribution is 2.28. The van der Waals surface area contributed by atoms with Gasteiger partial charge in [-0.25, -0.2) is 0 Å². The fraction of sp³-hybridized carbons (Fsp3) is 0.379. The Morgan fingerprint density at radius 1 is 1.03 bits per heavy atom. The fourth-order valence-corrected chi connectivity index (χ4v) is 4.45. The second kappa shape index (κ2) is 10.4. The van der Waals surface area contributed by atoms with Gasteiger partial charge in [-0.2, -0.15) is 5.26 Å². The van der Waals surface area contributed by atoms with Crippen molar-refractivity contribution in [2.75, 3.05) is 5.32 Å². The summed E-state index contributed by atoms with van der Waals surface area (Å²) in [4.78, 5) is 25.7. The second-order valence-corrected chi connectivity index (χ2v) is 10.5. The van der Waals surface area contributed by atoms with Crippen LogP contribution >= 0.6 is 0 Å². The van der Waals surface area contributed by atoms with Gasteiger partial charge in [0.25, 0.3) is 11.8 Å². The maximum Gasteiger partial charge on any atom is 0.290 e. The van der Waals surface area contributed by atoms with E-state index in [-0.39, 0.29) is 29.0 Å². The number of amides is 2. The van der Waals surface area contributed by atoms with Gasteiger partial charge < -0.3 is 15.2 Å². The number of nitriles is 1. The van der Waals surface area contributed by atoms with E-state index in [4.69, 9.17) is 4.52 Å². The standard InChI is InChI=1S/C29H32N4O3/c1-18-10-11-23(32-27(34)20-12-19(17-30)13-21(14-20)29(2,3)4)15-24(18)25-16-26(36-33-25)28(35)31-22-8-6-5-7-9-22/h10-16,22H,5-9H2,1-4H3,(H,31,35)(H,32,34). The van der Waals surface area contributed by atoms with Crippen molar-refractivity contribution < 1.29 is 14.1 Å². The summed E-state index contributed by atoms with van der Waals surface area (Å²) in [6, 6.07) is 14.7. The summed E-state index contributed by atoms with van der Waals surface area (Å²) in [6.45, 7) is 8.06. The molecule has 1 aliphatic carbocycles. The number of benzene rings is 2. The van der Waals surface area contributed by atoms with Crippen molar-refractivity contribution in [3.63, 3.8) is 0 Å². The Kier molecular flexibility index (Phi) is 7.25. The smallest absolute Gasteiger partial charge is 0.290 e. The second-order valence-electron chi connectivity index (χ2n) is 10.5. The summed E-state index contributed by atoms with van der Waals surface area (Å²) in [5.74, 6) is -0.387. The molecule has 0 spiro atoms. The SMILES string of the molecule is Cc1ccc(NC(=O)c2cc(C#N)cc(C(C)(C)C)c2)cc1-c1cc(C(=O)NC2CCCCC2)on1. The minimum atomic E-state index is -0.305.